The molecule has 0 spiro atoms. The number of rotatable bonds is 4. The summed E-state index contributed by atoms with van der Waals surface area (Å²) >= 11 is 1.58. The third-order valence-corrected chi connectivity index (χ3v) is 4.91. The lowest BCUT2D eigenvalue weighted by Crippen LogP contribution is -2.10. The topological polar surface area (TPSA) is 48.7 Å². The van der Waals surface area contributed by atoms with Crippen molar-refractivity contribution in [2.45, 2.75) is 4.90 Å². The number of ether oxygens (including phenoxy) is 2. The summed E-state index contributed by atoms with van der Waals surface area (Å²) in [5.74, 6) is 0.503. The van der Waals surface area contributed by atoms with Crippen molar-refractivity contribution in [3.05, 3.63) is 66.2 Å². The summed E-state index contributed by atoms with van der Waals surface area (Å²) in [7, 11) is 1.54. The first-order chi connectivity index (χ1) is 12.7. The van der Waals surface area contributed by atoms with E-state index < -0.39 is 5.97 Å². The van der Waals surface area contributed by atoms with Crippen molar-refractivity contribution < 1.29 is 18.7 Å². The summed E-state index contributed by atoms with van der Waals surface area (Å²) in [6, 6.07) is 18.6. The van der Waals surface area contributed by atoms with Gasteiger partial charge in [0.2, 0.25) is 0 Å². The molecule has 130 valence electrons. The zero-order chi connectivity index (χ0) is 18.1. The standard InChI is InChI=1S/C21H16O4S/c1-23-20-12-14(26-2)8-9-16(20)21(22)24-13-7-10-19-17(11-13)15-5-3-4-6-18(15)25-19/h3-12H,1-2H3. The largest absolute Gasteiger partial charge is 0.496 e. The summed E-state index contributed by atoms with van der Waals surface area (Å²) in [5, 5.41) is 1.90. The molecule has 4 rings (SSSR count). The Hall–Kier alpha value is -2.92. The van der Waals surface area contributed by atoms with E-state index in [0.29, 0.717) is 17.1 Å². The Morgan fingerprint density at radius 3 is 2.58 bits per heavy atom. The van der Waals surface area contributed by atoms with Crippen LogP contribution in [0.3, 0.4) is 0 Å². The van der Waals surface area contributed by atoms with E-state index in [2.05, 4.69) is 0 Å². The highest BCUT2D eigenvalue weighted by atomic mass is 32.2. The van der Waals surface area contributed by atoms with Gasteiger partial charge in [0.15, 0.2) is 0 Å². The SMILES string of the molecule is COc1cc(SC)ccc1C(=O)Oc1ccc2oc3ccccc3c2c1. The predicted molar refractivity (Wildman–Crippen MR) is 103 cm³/mol. The van der Waals surface area contributed by atoms with Crippen molar-refractivity contribution in [1.82, 2.24) is 0 Å². The summed E-state index contributed by atoms with van der Waals surface area (Å²) in [6.45, 7) is 0. The van der Waals surface area contributed by atoms with E-state index >= 15 is 0 Å². The molecule has 0 unspecified atom stereocenters. The summed E-state index contributed by atoms with van der Waals surface area (Å²) < 4.78 is 16.7. The van der Waals surface area contributed by atoms with Crippen LogP contribution in [0.5, 0.6) is 11.5 Å². The number of carbonyl (C=O) groups is 1. The number of furan rings is 1. The van der Waals surface area contributed by atoms with Crippen molar-refractivity contribution >= 4 is 39.7 Å². The Morgan fingerprint density at radius 2 is 1.77 bits per heavy atom. The highest BCUT2D eigenvalue weighted by Crippen LogP contribution is 2.32. The van der Waals surface area contributed by atoms with Gasteiger partial charge in [-0.25, -0.2) is 4.79 Å². The lowest BCUT2D eigenvalue weighted by molar-refractivity contribution is 0.0731. The van der Waals surface area contributed by atoms with Crippen LogP contribution in [0.15, 0.2) is 70.0 Å². The van der Waals surface area contributed by atoms with Gasteiger partial charge in [-0.1, -0.05) is 18.2 Å². The molecule has 26 heavy (non-hydrogen) atoms. The quantitative estimate of drug-likeness (QED) is 0.270. The molecule has 0 radical (unpaired) electrons. The molecule has 4 nitrogen and oxygen atoms in total. The van der Waals surface area contributed by atoms with E-state index in [9.17, 15) is 4.79 Å². The minimum absolute atomic E-state index is 0.391. The number of hydrogen-bond acceptors (Lipinski definition) is 5. The van der Waals surface area contributed by atoms with Crippen LogP contribution >= 0.6 is 11.8 Å². The fraction of sp³-hybridized carbons (Fsp3) is 0.0952. The van der Waals surface area contributed by atoms with Gasteiger partial charge in [0, 0.05) is 15.7 Å². The van der Waals surface area contributed by atoms with Crippen molar-refractivity contribution in [2.24, 2.45) is 0 Å². The van der Waals surface area contributed by atoms with Crippen molar-refractivity contribution in [3.63, 3.8) is 0 Å². The Labute approximate surface area is 154 Å². The zero-order valence-corrected chi connectivity index (χ0v) is 15.1. The molecule has 1 aromatic heterocycles. The lowest BCUT2D eigenvalue weighted by Gasteiger charge is -2.10. The lowest BCUT2D eigenvalue weighted by atomic mass is 10.1. The molecular formula is C21H16O4S. The molecule has 1 heterocycles. The molecule has 4 aromatic rings. The number of hydrogen-bond donors (Lipinski definition) is 0. The van der Waals surface area contributed by atoms with Gasteiger partial charge in [-0.05, 0) is 48.7 Å². The number of fused-ring (bicyclic) bond motifs is 3. The Bertz CT molecular complexity index is 1110. The highest BCUT2D eigenvalue weighted by molar-refractivity contribution is 7.98. The monoisotopic (exact) mass is 364 g/mol. The summed E-state index contributed by atoms with van der Waals surface area (Å²) in [5.41, 5.74) is 1.95. The number of thioether (sulfide) groups is 1. The molecule has 0 bridgehead atoms. The van der Waals surface area contributed by atoms with Gasteiger partial charge in [-0.2, -0.15) is 0 Å². The van der Waals surface area contributed by atoms with E-state index in [-0.39, 0.29) is 0 Å². The van der Waals surface area contributed by atoms with Crippen LogP contribution in [0.2, 0.25) is 0 Å². The van der Waals surface area contributed by atoms with Crippen LogP contribution in [0.4, 0.5) is 0 Å². The molecule has 0 amide bonds. The minimum Gasteiger partial charge on any atom is -0.496 e. The molecule has 0 aliphatic carbocycles. The number of carbonyl (C=O) groups excluding carboxylic acids is 1. The third-order valence-electron chi connectivity index (χ3n) is 4.19. The smallest absolute Gasteiger partial charge is 0.347 e. The molecule has 0 saturated heterocycles. The second kappa shape index (κ2) is 6.77. The highest BCUT2D eigenvalue weighted by Gasteiger charge is 2.16. The number of benzene rings is 3. The van der Waals surface area contributed by atoms with E-state index in [4.69, 9.17) is 13.9 Å². The summed E-state index contributed by atoms with van der Waals surface area (Å²) in [6.07, 6.45) is 1.97. The normalized spacial score (nSPS) is 11.0. The van der Waals surface area contributed by atoms with Crippen LogP contribution in [-0.4, -0.2) is 19.3 Å². The molecule has 0 saturated carbocycles. The summed E-state index contributed by atoms with van der Waals surface area (Å²) in [4.78, 5) is 13.6. The van der Waals surface area contributed by atoms with Crippen LogP contribution < -0.4 is 9.47 Å². The van der Waals surface area contributed by atoms with Gasteiger partial charge < -0.3 is 13.9 Å². The number of para-hydroxylation sites is 1. The number of esters is 1. The first-order valence-corrected chi connectivity index (χ1v) is 9.27. The van der Waals surface area contributed by atoms with Crippen LogP contribution in [-0.2, 0) is 0 Å². The third kappa shape index (κ3) is 2.91. The molecule has 3 aromatic carbocycles. The van der Waals surface area contributed by atoms with Gasteiger partial charge in [0.25, 0.3) is 0 Å². The second-order valence-corrected chi connectivity index (χ2v) is 6.59. The van der Waals surface area contributed by atoms with Crippen LogP contribution in [0, 0.1) is 0 Å². The fourth-order valence-corrected chi connectivity index (χ4v) is 3.33. The Balaban J connectivity index is 1.68. The maximum Gasteiger partial charge on any atom is 0.347 e. The molecular weight excluding hydrogens is 348 g/mol. The molecule has 0 atom stereocenters. The molecule has 0 aliphatic rings. The van der Waals surface area contributed by atoms with Gasteiger partial charge in [0.1, 0.15) is 28.2 Å². The zero-order valence-electron chi connectivity index (χ0n) is 14.3. The van der Waals surface area contributed by atoms with Crippen LogP contribution in [0.25, 0.3) is 21.9 Å². The van der Waals surface area contributed by atoms with Gasteiger partial charge in [0.05, 0.1) is 7.11 Å². The average Bonchev–Trinajstić information content (AvgIpc) is 3.05. The first kappa shape index (κ1) is 16.5. The predicted octanol–water partition coefficient (Wildman–Crippen LogP) is 5.54. The Morgan fingerprint density at radius 1 is 0.962 bits per heavy atom. The molecule has 0 N–H and O–H groups in total. The van der Waals surface area contributed by atoms with Crippen molar-refractivity contribution in [2.75, 3.05) is 13.4 Å². The second-order valence-electron chi connectivity index (χ2n) is 5.71. The van der Waals surface area contributed by atoms with Crippen LogP contribution in [0.1, 0.15) is 10.4 Å². The maximum atomic E-state index is 12.6. The van der Waals surface area contributed by atoms with Gasteiger partial charge >= 0.3 is 5.97 Å². The molecule has 0 aliphatic heterocycles. The van der Waals surface area contributed by atoms with Gasteiger partial charge in [-0.3, -0.25) is 0 Å². The van der Waals surface area contributed by atoms with Crippen molar-refractivity contribution in [1.29, 1.82) is 0 Å². The van der Waals surface area contributed by atoms with E-state index in [1.165, 1.54) is 0 Å². The van der Waals surface area contributed by atoms with Crippen molar-refractivity contribution in [3.8, 4) is 11.5 Å². The minimum atomic E-state index is -0.457. The van der Waals surface area contributed by atoms with Gasteiger partial charge in [-0.15, -0.1) is 11.8 Å². The van der Waals surface area contributed by atoms with E-state index in [1.807, 2.05) is 54.8 Å². The number of methoxy groups -OCH3 is 1. The fourth-order valence-electron chi connectivity index (χ4n) is 2.90. The Kier molecular flexibility index (Phi) is 4.31. The average molecular weight is 364 g/mol. The molecule has 5 heteroatoms. The van der Waals surface area contributed by atoms with E-state index in [1.54, 1.807) is 31.0 Å². The molecule has 0 fully saturated rings. The maximum absolute atomic E-state index is 12.6. The van der Waals surface area contributed by atoms with E-state index in [0.717, 1.165) is 26.8 Å². The first-order valence-electron chi connectivity index (χ1n) is 8.05.